The third-order valence-corrected chi connectivity index (χ3v) is 9.56. The number of likely N-dealkylation sites (N-methyl/N-ethyl adjacent to an activating group) is 1. The fraction of sp³-hybridized carbons (Fsp3) is 0.483. The quantitative estimate of drug-likeness (QED) is 0.507. The first-order valence-corrected chi connectivity index (χ1v) is 13.3. The summed E-state index contributed by atoms with van der Waals surface area (Å²) in [4.78, 5) is 14.3. The highest BCUT2D eigenvalue weighted by atomic mass is 35.5. The molecule has 1 spiro atoms. The van der Waals surface area contributed by atoms with Gasteiger partial charge in [0.1, 0.15) is 17.7 Å². The van der Waals surface area contributed by atoms with Gasteiger partial charge in [-0.05, 0) is 62.5 Å². The molecule has 2 aliphatic heterocycles. The SMILES string of the molecule is CN1CC[C@]23c4c5ccc(O)c4O[C@H]2[C@@H](O)C=C[C@H]3[C@H]1C5.NC1(c2ccccc2Cl)CCCCC1=O. The maximum atomic E-state index is 11.9. The van der Waals surface area contributed by atoms with Gasteiger partial charge in [-0.1, -0.05) is 54.4 Å². The Morgan fingerprint density at radius 1 is 1.14 bits per heavy atom. The van der Waals surface area contributed by atoms with E-state index in [0.29, 0.717) is 35.6 Å². The van der Waals surface area contributed by atoms with E-state index in [0.717, 1.165) is 37.8 Å². The Balaban J connectivity index is 0.000000142. The van der Waals surface area contributed by atoms with Crippen molar-refractivity contribution in [3.63, 3.8) is 0 Å². The van der Waals surface area contributed by atoms with Gasteiger partial charge < -0.3 is 25.6 Å². The molecule has 6 nitrogen and oxygen atoms in total. The van der Waals surface area contributed by atoms with E-state index in [4.69, 9.17) is 22.1 Å². The summed E-state index contributed by atoms with van der Waals surface area (Å²) < 4.78 is 6.09. The molecule has 3 aliphatic carbocycles. The molecule has 1 unspecified atom stereocenters. The molecule has 7 rings (SSSR count). The number of rotatable bonds is 1. The normalized spacial score (nSPS) is 35.9. The van der Waals surface area contributed by atoms with E-state index in [-0.39, 0.29) is 23.1 Å². The van der Waals surface area contributed by atoms with Crippen LogP contribution in [0.4, 0.5) is 0 Å². The van der Waals surface area contributed by atoms with Crippen LogP contribution >= 0.6 is 11.6 Å². The monoisotopic (exact) mass is 508 g/mol. The number of Topliss-reactive ketones (excluding diaryl/α,β-unsaturated/α-hetero) is 1. The number of phenols is 1. The van der Waals surface area contributed by atoms with Gasteiger partial charge in [0.2, 0.25) is 0 Å². The van der Waals surface area contributed by atoms with E-state index in [1.807, 2.05) is 30.3 Å². The van der Waals surface area contributed by atoms with E-state index in [2.05, 4.69) is 18.0 Å². The third kappa shape index (κ3) is 3.31. The molecule has 1 saturated heterocycles. The number of nitrogens with zero attached hydrogens (tertiary/aromatic N) is 1. The van der Waals surface area contributed by atoms with E-state index in [1.165, 1.54) is 11.1 Å². The van der Waals surface area contributed by atoms with Crippen molar-refractivity contribution in [2.75, 3.05) is 13.6 Å². The highest BCUT2D eigenvalue weighted by molar-refractivity contribution is 6.31. The van der Waals surface area contributed by atoms with Crippen molar-refractivity contribution in [1.82, 2.24) is 4.90 Å². The maximum Gasteiger partial charge on any atom is 0.165 e. The van der Waals surface area contributed by atoms with Gasteiger partial charge in [-0.25, -0.2) is 0 Å². The molecule has 4 N–H and O–H groups in total. The number of nitrogens with two attached hydrogens (primary N) is 1. The number of hydrogen-bond acceptors (Lipinski definition) is 6. The van der Waals surface area contributed by atoms with Gasteiger partial charge in [-0.3, -0.25) is 4.79 Å². The predicted molar refractivity (Wildman–Crippen MR) is 138 cm³/mol. The number of halogens is 1. The summed E-state index contributed by atoms with van der Waals surface area (Å²) in [6, 6.07) is 11.6. The minimum atomic E-state index is -0.851. The van der Waals surface area contributed by atoms with Crippen molar-refractivity contribution in [2.24, 2.45) is 11.7 Å². The number of carbonyl (C=O) groups excluding carboxylic acids is 1. The Kier molecular flexibility index (Phi) is 5.72. The van der Waals surface area contributed by atoms with Gasteiger partial charge in [-0.15, -0.1) is 0 Å². The van der Waals surface area contributed by atoms with Crippen molar-refractivity contribution in [2.45, 2.75) is 67.7 Å². The molecular weight excluding hydrogens is 476 g/mol. The molecule has 2 aromatic carbocycles. The molecular formula is C29H33ClN2O4. The number of benzene rings is 2. The van der Waals surface area contributed by atoms with Crippen molar-refractivity contribution >= 4 is 17.4 Å². The number of hydrogen-bond donors (Lipinski definition) is 3. The van der Waals surface area contributed by atoms with Crippen LogP contribution in [0.3, 0.4) is 0 Å². The van der Waals surface area contributed by atoms with E-state index in [1.54, 1.807) is 12.1 Å². The summed E-state index contributed by atoms with van der Waals surface area (Å²) in [6.45, 7) is 1.01. The zero-order chi connectivity index (χ0) is 25.2. The van der Waals surface area contributed by atoms with Crippen molar-refractivity contribution in [1.29, 1.82) is 0 Å². The fourth-order valence-corrected chi connectivity index (χ4v) is 7.70. The van der Waals surface area contributed by atoms with E-state index in [9.17, 15) is 15.0 Å². The van der Waals surface area contributed by atoms with Gasteiger partial charge in [0, 0.05) is 34.4 Å². The average Bonchev–Trinajstić information content (AvgIpc) is 3.23. The summed E-state index contributed by atoms with van der Waals surface area (Å²) in [5.74, 6) is 1.30. The molecule has 0 radical (unpaired) electrons. The lowest BCUT2D eigenvalue weighted by Gasteiger charge is -2.56. The molecule has 5 aliphatic rings. The van der Waals surface area contributed by atoms with Gasteiger partial charge >= 0.3 is 0 Å². The number of ether oxygens (including phenoxy) is 1. The summed E-state index contributed by atoms with van der Waals surface area (Å²) in [5.41, 5.74) is 8.40. The Bertz CT molecular complexity index is 1250. The van der Waals surface area contributed by atoms with Gasteiger partial charge in [-0.2, -0.15) is 0 Å². The van der Waals surface area contributed by atoms with Crippen LogP contribution in [0.5, 0.6) is 11.5 Å². The molecule has 2 heterocycles. The molecule has 2 fully saturated rings. The molecule has 36 heavy (non-hydrogen) atoms. The van der Waals surface area contributed by atoms with Crippen LogP contribution in [0.2, 0.25) is 5.02 Å². The lowest BCUT2D eigenvalue weighted by Crippen LogP contribution is -2.64. The van der Waals surface area contributed by atoms with Crippen LogP contribution in [0.15, 0.2) is 48.6 Å². The maximum absolute atomic E-state index is 11.9. The summed E-state index contributed by atoms with van der Waals surface area (Å²) in [7, 11) is 2.19. The summed E-state index contributed by atoms with van der Waals surface area (Å²) in [5, 5.41) is 21.2. The minimum Gasteiger partial charge on any atom is -0.504 e. The Morgan fingerprint density at radius 2 is 1.94 bits per heavy atom. The average molecular weight is 509 g/mol. The van der Waals surface area contributed by atoms with Crippen molar-refractivity contribution < 1.29 is 19.7 Å². The van der Waals surface area contributed by atoms with Crippen molar-refractivity contribution in [3.8, 4) is 11.5 Å². The Hall–Kier alpha value is -2.38. The zero-order valence-corrected chi connectivity index (χ0v) is 21.2. The molecule has 2 bridgehead atoms. The summed E-state index contributed by atoms with van der Waals surface area (Å²) >= 11 is 6.08. The largest absolute Gasteiger partial charge is 0.504 e. The lowest BCUT2D eigenvalue weighted by molar-refractivity contribution is -0.126. The first-order chi connectivity index (χ1) is 17.3. The molecule has 6 atom stereocenters. The molecule has 0 aromatic heterocycles. The first-order valence-electron chi connectivity index (χ1n) is 12.9. The number of phenolic OH excluding ortho intramolecular Hbond substituents is 1. The van der Waals surface area contributed by atoms with E-state index < -0.39 is 11.6 Å². The van der Waals surface area contributed by atoms with E-state index >= 15 is 0 Å². The third-order valence-electron chi connectivity index (χ3n) is 9.23. The Labute approximate surface area is 216 Å². The molecule has 0 amide bonds. The van der Waals surface area contributed by atoms with Crippen molar-refractivity contribution in [3.05, 3.63) is 70.3 Å². The van der Waals surface area contributed by atoms with Crippen LogP contribution in [-0.2, 0) is 22.2 Å². The second-order valence-corrected chi connectivity index (χ2v) is 11.4. The van der Waals surface area contributed by atoms with Crippen LogP contribution < -0.4 is 10.5 Å². The number of aromatic hydroxyl groups is 1. The zero-order valence-electron chi connectivity index (χ0n) is 20.5. The smallest absolute Gasteiger partial charge is 0.165 e. The number of ketones is 1. The predicted octanol–water partition coefficient (Wildman–Crippen LogP) is 3.84. The molecule has 2 aromatic rings. The topological polar surface area (TPSA) is 96.0 Å². The lowest BCUT2D eigenvalue weighted by atomic mass is 9.53. The molecule has 1 saturated carbocycles. The number of piperidine rings is 1. The highest BCUT2D eigenvalue weighted by Gasteiger charge is 2.64. The second-order valence-electron chi connectivity index (χ2n) is 11.0. The van der Waals surface area contributed by atoms with Crippen LogP contribution in [0.25, 0.3) is 0 Å². The van der Waals surface area contributed by atoms with Gasteiger partial charge in [0.25, 0.3) is 0 Å². The standard InChI is InChI=1S/C17H19NO3.C12H14ClNO/c1-18-7-6-17-10-3-5-13(20)16(17)21-15-12(19)4-2-9(14(15)17)8-11(10)18;13-10-6-2-1-5-9(10)12(14)8-4-3-7-11(12)15/h2-5,10-11,13,16,19-20H,6-8H2,1H3;1-2,5-6H,3-4,7-8,14H2/t10-,11+,13-,16-,17-;/m0./s1. The fourth-order valence-electron chi connectivity index (χ4n) is 7.40. The number of carbonyl (C=O) groups is 1. The van der Waals surface area contributed by atoms with Crippen LogP contribution in [-0.4, -0.2) is 52.7 Å². The van der Waals surface area contributed by atoms with Gasteiger partial charge in [0.15, 0.2) is 17.3 Å². The first kappa shape index (κ1) is 24.0. The van der Waals surface area contributed by atoms with Gasteiger partial charge in [0.05, 0.1) is 0 Å². The number of aliphatic hydroxyl groups is 1. The highest BCUT2D eigenvalue weighted by Crippen LogP contribution is 2.62. The summed E-state index contributed by atoms with van der Waals surface area (Å²) in [6.07, 6.45) is 8.39. The van der Waals surface area contributed by atoms with Crippen LogP contribution in [0.1, 0.15) is 48.8 Å². The molecule has 190 valence electrons. The minimum absolute atomic E-state index is 0.113. The van der Waals surface area contributed by atoms with Crippen LogP contribution in [0, 0.1) is 5.92 Å². The Morgan fingerprint density at radius 3 is 2.72 bits per heavy atom. The second kappa shape index (κ2) is 8.59. The number of likely N-dealkylation sites (tertiary alicyclic amines) is 1. The number of aliphatic hydroxyl groups excluding tert-OH is 1. The molecule has 7 heteroatoms.